The van der Waals surface area contributed by atoms with Crippen molar-refractivity contribution >= 4 is 0 Å². The topological polar surface area (TPSA) is 80.5 Å². The van der Waals surface area contributed by atoms with E-state index in [1.807, 2.05) is 0 Å². The number of hydrogen-bond donors (Lipinski definition) is 2. The van der Waals surface area contributed by atoms with E-state index in [2.05, 4.69) is 20.6 Å². The summed E-state index contributed by atoms with van der Waals surface area (Å²) in [5.41, 5.74) is 5.97. The van der Waals surface area contributed by atoms with Crippen LogP contribution >= 0.6 is 0 Å². The number of nitrogens with zero attached hydrogens (tertiary/aromatic N) is 3. The molecule has 0 saturated heterocycles. The standard InChI is InChI=1S/C9H17N5/c10-9(8-11-13-14-12-8)6-4-2-1-3-5-7-9/h1-7,10H2,(H,11,12,13,14). The van der Waals surface area contributed by atoms with Gasteiger partial charge in [0, 0.05) is 0 Å². The highest BCUT2D eigenvalue weighted by molar-refractivity contribution is 5.01. The number of hydrogen-bond acceptors (Lipinski definition) is 4. The van der Waals surface area contributed by atoms with Crippen LogP contribution in [-0.2, 0) is 5.54 Å². The predicted octanol–water partition coefficient (Wildman–Crippen LogP) is 1.10. The van der Waals surface area contributed by atoms with Crippen LogP contribution in [0, 0.1) is 0 Å². The number of aromatic amines is 1. The van der Waals surface area contributed by atoms with Crippen molar-refractivity contribution in [2.45, 2.75) is 50.5 Å². The molecule has 3 N–H and O–H groups in total. The van der Waals surface area contributed by atoms with Crippen molar-refractivity contribution in [2.24, 2.45) is 5.73 Å². The lowest BCUT2D eigenvalue weighted by Gasteiger charge is -2.27. The SMILES string of the molecule is NC1(c2nn[nH]n2)CCCCCCC1. The van der Waals surface area contributed by atoms with Gasteiger partial charge in [-0.2, -0.15) is 5.21 Å². The first-order chi connectivity index (χ1) is 6.81. The monoisotopic (exact) mass is 195 g/mol. The smallest absolute Gasteiger partial charge is 0.194 e. The van der Waals surface area contributed by atoms with Crippen LogP contribution in [-0.4, -0.2) is 20.6 Å². The van der Waals surface area contributed by atoms with Gasteiger partial charge in [-0.3, -0.25) is 0 Å². The van der Waals surface area contributed by atoms with E-state index < -0.39 is 0 Å². The number of rotatable bonds is 1. The molecule has 2 rings (SSSR count). The third kappa shape index (κ3) is 1.92. The zero-order valence-electron chi connectivity index (χ0n) is 8.37. The first-order valence-corrected chi connectivity index (χ1v) is 5.34. The van der Waals surface area contributed by atoms with Crippen molar-refractivity contribution in [2.75, 3.05) is 0 Å². The van der Waals surface area contributed by atoms with Crippen molar-refractivity contribution in [3.63, 3.8) is 0 Å². The molecular formula is C9H17N5. The Bertz CT molecular complexity index is 261. The summed E-state index contributed by atoms with van der Waals surface area (Å²) >= 11 is 0. The molecule has 0 unspecified atom stereocenters. The molecule has 1 aliphatic rings. The lowest BCUT2D eigenvalue weighted by molar-refractivity contribution is 0.308. The first-order valence-electron chi connectivity index (χ1n) is 5.34. The maximum atomic E-state index is 6.31. The van der Waals surface area contributed by atoms with Crippen LogP contribution in [0.3, 0.4) is 0 Å². The Kier molecular flexibility index (Phi) is 2.77. The second kappa shape index (κ2) is 4.04. The van der Waals surface area contributed by atoms with Crippen LogP contribution in [0.2, 0.25) is 0 Å². The summed E-state index contributed by atoms with van der Waals surface area (Å²) in [6, 6.07) is 0. The number of nitrogens with one attached hydrogen (secondary N) is 1. The molecule has 5 nitrogen and oxygen atoms in total. The van der Waals surface area contributed by atoms with Gasteiger partial charge in [0.25, 0.3) is 0 Å². The Morgan fingerprint density at radius 2 is 1.71 bits per heavy atom. The van der Waals surface area contributed by atoms with E-state index in [1.54, 1.807) is 0 Å². The molecule has 0 atom stereocenters. The van der Waals surface area contributed by atoms with Crippen molar-refractivity contribution in [3.05, 3.63) is 5.82 Å². The van der Waals surface area contributed by atoms with Gasteiger partial charge in [0.15, 0.2) is 5.82 Å². The predicted molar refractivity (Wildman–Crippen MR) is 52.4 cm³/mol. The molecule has 78 valence electrons. The molecule has 1 aliphatic carbocycles. The number of aromatic nitrogens is 4. The fraction of sp³-hybridized carbons (Fsp3) is 0.889. The third-order valence-electron chi connectivity index (χ3n) is 3.04. The Morgan fingerprint density at radius 3 is 2.29 bits per heavy atom. The average Bonchev–Trinajstić information content (AvgIpc) is 2.65. The zero-order valence-corrected chi connectivity index (χ0v) is 8.37. The van der Waals surface area contributed by atoms with Crippen LogP contribution in [0.4, 0.5) is 0 Å². The van der Waals surface area contributed by atoms with E-state index >= 15 is 0 Å². The lowest BCUT2D eigenvalue weighted by Crippen LogP contribution is -2.38. The van der Waals surface area contributed by atoms with Gasteiger partial charge in [0.05, 0.1) is 5.54 Å². The first kappa shape index (κ1) is 9.58. The second-order valence-electron chi connectivity index (χ2n) is 4.16. The Balaban J connectivity index is 2.11. The zero-order chi connectivity index (χ0) is 9.86. The molecule has 1 fully saturated rings. The van der Waals surface area contributed by atoms with Crippen molar-refractivity contribution in [1.29, 1.82) is 0 Å². The highest BCUT2D eigenvalue weighted by atomic mass is 15.5. The summed E-state index contributed by atoms with van der Waals surface area (Å²) < 4.78 is 0. The van der Waals surface area contributed by atoms with Gasteiger partial charge >= 0.3 is 0 Å². The summed E-state index contributed by atoms with van der Waals surface area (Å²) in [6.07, 6.45) is 8.19. The fourth-order valence-electron chi connectivity index (χ4n) is 2.13. The lowest BCUT2D eigenvalue weighted by atomic mass is 9.84. The van der Waals surface area contributed by atoms with E-state index in [-0.39, 0.29) is 5.54 Å². The van der Waals surface area contributed by atoms with Crippen LogP contribution in [0.15, 0.2) is 0 Å². The average molecular weight is 195 g/mol. The van der Waals surface area contributed by atoms with E-state index in [0.717, 1.165) is 12.8 Å². The minimum atomic E-state index is -0.340. The molecular weight excluding hydrogens is 178 g/mol. The maximum Gasteiger partial charge on any atom is 0.194 e. The van der Waals surface area contributed by atoms with Gasteiger partial charge in [-0.15, -0.1) is 10.2 Å². The summed E-state index contributed by atoms with van der Waals surface area (Å²) in [5, 5.41) is 14.1. The van der Waals surface area contributed by atoms with E-state index in [1.165, 1.54) is 32.1 Å². The fourth-order valence-corrected chi connectivity index (χ4v) is 2.13. The Hall–Kier alpha value is -0.970. The van der Waals surface area contributed by atoms with E-state index in [4.69, 9.17) is 5.73 Å². The molecule has 1 heterocycles. The minimum absolute atomic E-state index is 0.340. The highest BCUT2D eigenvalue weighted by Gasteiger charge is 2.31. The Labute approximate surface area is 83.5 Å². The molecule has 1 aromatic heterocycles. The summed E-state index contributed by atoms with van der Waals surface area (Å²) in [6.45, 7) is 0. The summed E-state index contributed by atoms with van der Waals surface area (Å²) in [7, 11) is 0. The third-order valence-corrected chi connectivity index (χ3v) is 3.04. The maximum absolute atomic E-state index is 6.31. The molecule has 14 heavy (non-hydrogen) atoms. The molecule has 5 heteroatoms. The Morgan fingerprint density at radius 1 is 1.07 bits per heavy atom. The number of H-pyrrole nitrogens is 1. The van der Waals surface area contributed by atoms with Gasteiger partial charge in [0.2, 0.25) is 0 Å². The van der Waals surface area contributed by atoms with E-state index in [0.29, 0.717) is 5.82 Å². The quantitative estimate of drug-likeness (QED) is 0.703. The van der Waals surface area contributed by atoms with Crippen LogP contribution < -0.4 is 5.73 Å². The van der Waals surface area contributed by atoms with Crippen molar-refractivity contribution in [1.82, 2.24) is 20.6 Å². The van der Waals surface area contributed by atoms with Crippen LogP contribution in [0.1, 0.15) is 50.8 Å². The summed E-state index contributed by atoms with van der Waals surface area (Å²) in [5.74, 6) is 0.680. The highest BCUT2D eigenvalue weighted by Crippen LogP contribution is 2.30. The molecule has 0 amide bonds. The molecule has 1 aromatic rings. The largest absolute Gasteiger partial charge is 0.319 e. The minimum Gasteiger partial charge on any atom is -0.319 e. The van der Waals surface area contributed by atoms with E-state index in [9.17, 15) is 0 Å². The second-order valence-corrected chi connectivity index (χ2v) is 4.16. The molecule has 0 spiro atoms. The van der Waals surface area contributed by atoms with Crippen molar-refractivity contribution in [3.8, 4) is 0 Å². The molecule has 0 radical (unpaired) electrons. The summed E-state index contributed by atoms with van der Waals surface area (Å²) in [4.78, 5) is 0. The molecule has 0 aromatic carbocycles. The number of nitrogens with two attached hydrogens (primary N) is 1. The normalized spacial score (nSPS) is 22.6. The van der Waals surface area contributed by atoms with Gasteiger partial charge in [-0.05, 0) is 12.8 Å². The van der Waals surface area contributed by atoms with Gasteiger partial charge in [0.1, 0.15) is 0 Å². The molecule has 1 saturated carbocycles. The molecule has 0 bridgehead atoms. The van der Waals surface area contributed by atoms with Crippen LogP contribution in [0.25, 0.3) is 0 Å². The van der Waals surface area contributed by atoms with Gasteiger partial charge < -0.3 is 5.73 Å². The van der Waals surface area contributed by atoms with Gasteiger partial charge in [-0.1, -0.05) is 37.3 Å². The number of tetrazole rings is 1. The van der Waals surface area contributed by atoms with Gasteiger partial charge in [-0.25, -0.2) is 0 Å². The van der Waals surface area contributed by atoms with Crippen LogP contribution in [0.5, 0.6) is 0 Å². The van der Waals surface area contributed by atoms with Crippen molar-refractivity contribution < 1.29 is 0 Å². The molecule has 0 aliphatic heterocycles.